The second-order valence-corrected chi connectivity index (χ2v) is 6.90. The molecule has 134 valence electrons. The Bertz CT molecular complexity index is 840. The smallest absolute Gasteiger partial charge is 0.339 e. The largest absolute Gasteiger partial charge is 0.493 e. The molecule has 0 radical (unpaired) electrons. The maximum atomic E-state index is 12.4. The van der Waals surface area contributed by atoms with Gasteiger partial charge in [-0.25, -0.2) is 4.79 Å². The van der Waals surface area contributed by atoms with Crippen LogP contribution in [0.15, 0.2) is 47.4 Å². The van der Waals surface area contributed by atoms with E-state index < -0.39 is 16.1 Å². The van der Waals surface area contributed by atoms with E-state index in [4.69, 9.17) is 13.7 Å². The van der Waals surface area contributed by atoms with E-state index >= 15 is 0 Å². The molecule has 0 N–H and O–H groups in total. The molecule has 0 saturated heterocycles. The number of hydrogen-bond acceptors (Lipinski definition) is 6. The zero-order chi connectivity index (χ0) is 18.4. The minimum atomic E-state index is -4.01. The van der Waals surface area contributed by atoms with Crippen LogP contribution in [-0.4, -0.2) is 28.1 Å². The lowest BCUT2D eigenvalue weighted by Gasteiger charge is -2.12. The highest BCUT2D eigenvalue weighted by Gasteiger charge is 2.20. The lowest BCUT2D eigenvalue weighted by atomic mass is 10.2. The number of carbonyl (C=O) groups is 1. The Morgan fingerprint density at radius 1 is 1.04 bits per heavy atom. The highest BCUT2D eigenvalue weighted by molar-refractivity contribution is 7.87. The van der Waals surface area contributed by atoms with Gasteiger partial charge in [0, 0.05) is 0 Å². The predicted octanol–water partition coefficient (Wildman–Crippen LogP) is 3.34. The van der Waals surface area contributed by atoms with Crippen molar-refractivity contribution in [3.63, 3.8) is 0 Å². The number of carbonyl (C=O) groups excluding carboxylic acids is 1. The highest BCUT2D eigenvalue weighted by Crippen LogP contribution is 2.31. The molecule has 0 aliphatic carbocycles. The van der Waals surface area contributed by atoms with Gasteiger partial charge in [-0.2, -0.15) is 8.42 Å². The van der Waals surface area contributed by atoms with Crippen molar-refractivity contribution in [3.05, 3.63) is 53.6 Å². The van der Waals surface area contributed by atoms with Crippen LogP contribution in [-0.2, 0) is 14.9 Å². The van der Waals surface area contributed by atoms with Crippen LogP contribution in [0.4, 0.5) is 0 Å². The van der Waals surface area contributed by atoms with Gasteiger partial charge in [-0.15, -0.1) is 0 Å². The van der Waals surface area contributed by atoms with Crippen molar-refractivity contribution in [1.82, 2.24) is 0 Å². The highest BCUT2D eigenvalue weighted by atomic mass is 32.2. The second kappa shape index (κ2) is 8.02. The van der Waals surface area contributed by atoms with Gasteiger partial charge >= 0.3 is 16.1 Å². The third kappa shape index (κ3) is 4.73. The van der Waals surface area contributed by atoms with Crippen LogP contribution in [0.2, 0.25) is 0 Å². The first-order chi connectivity index (χ1) is 11.9. The van der Waals surface area contributed by atoms with Gasteiger partial charge in [-0.3, -0.25) is 0 Å². The third-order valence-electron chi connectivity index (χ3n) is 3.35. The van der Waals surface area contributed by atoms with Gasteiger partial charge in [0.15, 0.2) is 11.5 Å². The Kier molecular flexibility index (Phi) is 6.03. The molecule has 0 atom stereocenters. The lowest BCUT2D eigenvalue weighted by Crippen LogP contribution is -2.11. The Hall–Kier alpha value is -2.54. The summed E-state index contributed by atoms with van der Waals surface area (Å²) in [5.74, 6) is -0.384. The zero-order valence-corrected chi connectivity index (χ0v) is 15.1. The van der Waals surface area contributed by atoms with Crippen LogP contribution in [0.25, 0.3) is 0 Å². The van der Waals surface area contributed by atoms with E-state index in [2.05, 4.69) is 0 Å². The molecular weight excluding hydrogens is 344 g/mol. The summed E-state index contributed by atoms with van der Waals surface area (Å²) in [6.07, 6.45) is 0.707. The average molecular weight is 364 g/mol. The van der Waals surface area contributed by atoms with Crippen molar-refractivity contribution in [2.45, 2.75) is 25.2 Å². The number of ether oxygens (including phenoxy) is 2. The van der Waals surface area contributed by atoms with Crippen molar-refractivity contribution < 1.29 is 26.9 Å². The average Bonchev–Trinajstić information content (AvgIpc) is 2.60. The summed E-state index contributed by atoms with van der Waals surface area (Å²) in [7, 11) is -2.64. The molecule has 7 heteroatoms. The van der Waals surface area contributed by atoms with Crippen molar-refractivity contribution in [2.24, 2.45) is 0 Å². The molecule has 0 fully saturated rings. The fraction of sp³-hybridized carbons (Fsp3) is 0.278. The topological polar surface area (TPSA) is 78.9 Å². The first-order valence-corrected chi connectivity index (χ1v) is 9.14. The molecule has 2 aromatic carbocycles. The van der Waals surface area contributed by atoms with Gasteiger partial charge in [-0.05, 0) is 43.7 Å². The number of methoxy groups -OCH3 is 1. The van der Waals surface area contributed by atoms with E-state index in [-0.39, 0.29) is 22.0 Å². The Morgan fingerprint density at radius 2 is 1.72 bits per heavy atom. The SMILES string of the molecule is CCCOC(=O)c1ccc(OS(=O)(=O)c2ccc(C)cc2)c(OC)c1. The first kappa shape index (κ1) is 18.8. The summed E-state index contributed by atoms with van der Waals surface area (Å²) in [5.41, 5.74) is 1.19. The number of aryl methyl sites for hydroxylation is 1. The van der Waals surface area contributed by atoms with Gasteiger partial charge < -0.3 is 13.7 Å². The van der Waals surface area contributed by atoms with Crippen molar-refractivity contribution in [3.8, 4) is 11.5 Å². The van der Waals surface area contributed by atoms with Gasteiger partial charge in [0.05, 0.1) is 19.3 Å². The molecule has 0 unspecified atom stereocenters. The van der Waals surface area contributed by atoms with Crippen LogP contribution in [0.1, 0.15) is 29.3 Å². The van der Waals surface area contributed by atoms with Gasteiger partial charge in [0.25, 0.3) is 0 Å². The molecule has 0 saturated carbocycles. The zero-order valence-electron chi connectivity index (χ0n) is 14.3. The van der Waals surface area contributed by atoms with Crippen LogP contribution in [0.5, 0.6) is 11.5 Å². The molecule has 6 nitrogen and oxygen atoms in total. The van der Waals surface area contributed by atoms with Crippen molar-refractivity contribution in [2.75, 3.05) is 13.7 Å². The quantitative estimate of drug-likeness (QED) is 0.554. The third-order valence-corrected chi connectivity index (χ3v) is 4.59. The maximum Gasteiger partial charge on any atom is 0.339 e. The van der Waals surface area contributed by atoms with Crippen LogP contribution >= 0.6 is 0 Å². The Labute approximate surface area is 147 Å². The second-order valence-electron chi connectivity index (χ2n) is 5.35. The van der Waals surface area contributed by atoms with Crippen molar-refractivity contribution in [1.29, 1.82) is 0 Å². The maximum absolute atomic E-state index is 12.4. The summed E-state index contributed by atoms with van der Waals surface area (Å²) >= 11 is 0. The molecule has 2 aromatic rings. The summed E-state index contributed by atoms with van der Waals surface area (Å²) in [6, 6.07) is 10.5. The van der Waals surface area contributed by atoms with Crippen LogP contribution in [0, 0.1) is 6.92 Å². The molecule has 0 aromatic heterocycles. The molecule has 0 heterocycles. The van der Waals surface area contributed by atoms with E-state index in [9.17, 15) is 13.2 Å². The van der Waals surface area contributed by atoms with E-state index in [0.717, 1.165) is 5.56 Å². The Morgan fingerprint density at radius 3 is 2.32 bits per heavy atom. The van der Waals surface area contributed by atoms with Crippen LogP contribution in [0.3, 0.4) is 0 Å². The molecule has 25 heavy (non-hydrogen) atoms. The van der Waals surface area contributed by atoms with Gasteiger partial charge in [0.2, 0.25) is 0 Å². The Balaban J connectivity index is 2.27. The number of esters is 1. The first-order valence-electron chi connectivity index (χ1n) is 7.73. The summed E-state index contributed by atoms with van der Waals surface area (Å²) in [6.45, 7) is 4.05. The van der Waals surface area contributed by atoms with Crippen LogP contribution < -0.4 is 8.92 Å². The predicted molar refractivity (Wildman–Crippen MR) is 92.6 cm³/mol. The normalized spacial score (nSPS) is 11.0. The molecule has 0 aliphatic rings. The number of hydrogen-bond donors (Lipinski definition) is 0. The van der Waals surface area contributed by atoms with Crippen molar-refractivity contribution >= 4 is 16.1 Å². The molecule has 0 spiro atoms. The molecule has 0 amide bonds. The number of rotatable bonds is 7. The standard InChI is InChI=1S/C18H20O6S/c1-4-11-23-18(19)14-7-10-16(17(12-14)22-3)24-25(20,21)15-8-5-13(2)6-9-15/h5-10,12H,4,11H2,1-3H3. The summed E-state index contributed by atoms with van der Waals surface area (Å²) in [5, 5.41) is 0. The number of benzene rings is 2. The van der Waals surface area contributed by atoms with E-state index in [0.29, 0.717) is 13.0 Å². The fourth-order valence-electron chi connectivity index (χ4n) is 2.01. The van der Waals surface area contributed by atoms with E-state index in [1.807, 2.05) is 13.8 Å². The molecule has 2 rings (SSSR count). The fourth-order valence-corrected chi connectivity index (χ4v) is 2.95. The van der Waals surface area contributed by atoms with Gasteiger partial charge in [0.1, 0.15) is 4.90 Å². The molecule has 0 bridgehead atoms. The van der Waals surface area contributed by atoms with Gasteiger partial charge in [-0.1, -0.05) is 24.6 Å². The molecular formula is C18H20O6S. The minimum Gasteiger partial charge on any atom is -0.493 e. The summed E-state index contributed by atoms with van der Waals surface area (Å²) in [4.78, 5) is 11.9. The molecule has 0 aliphatic heterocycles. The van der Waals surface area contributed by atoms with E-state index in [1.165, 1.54) is 37.4 Å². The summed E-state index contributed by atoms with van der Waals surface area (Å²) < 4.78 is 40.1. The minimum absolute atomic E-state index is 0.00452. The lowest BCUT2D eigenvalue weighted by molar-refractivity contribution is 0.0504. The van der Waals surface area contributed by atoms with E-state index in [1.54, 1.807) is 12.1 Å². The monoisotopic (exact) mass is 364 g/mol.